The Labute approximate surface area is 137 Å². The van der Waals surface area contributed by atoms with Gasteiger partial charge in [0.2, 0.25) is 0 Å². The Morgan fingerprint density at radius 1 is 1.35 bits per heavy atom. The van der Waals surface area contributed by atoms with Gasteiger partial charge in [-0.1, -0.05) is 24.5 Å². The normalized spacial score (nSPS) is 17.7. The van der Waals surface area contributed by atoms with Crippen LogP contribution in [0.4, 0.5) is 4.79 Å². The van der Waals surface area contributed by atoms with Crippen LogP contribution in [-0.2, 0) is 22.9 Å². The minimum Gasteiger partial charge on any atom is -0.332 e. The minimum absolute atomic E-state index is 0.209. The lowest BCUT2D eigenvalue weighted by Gasteiger charge is -2.35. The molecule has 1 aromatic heterocycles. The molecule has 1 aliphatic carbocycles. The van der Waals surface area contributed by atoms with E-state index >= 15 is 0 Å². The van der Waals surface area contributed by atoms with Gasteiger partial charge in [-0.25, -0.2) is 13.2 Å². The van der Waals surface area contributed by atoms with Crippen molar-refractivity contribution in [2.45, 2.75) is 49.9 Å². The van der Waals surface area contributed by atoms with Crippen molar-refractivity contribution in [3.05, 3.63) is 11.9 Å². The van der Waals surface area contributed by atoms with Gasteiger partial charge in [-0.2, -0.15) is 0 Å². The molecular formula is C14H25N5O3S. The Balaban J connectivity index is 2.06. The molecule has 2 amide bonds. The Morgan fingerprint density at radius 2 is 2.00 bits per heavy atom. The molecule has 0 spiro atoms. The van der Waals surface area contributed by atoms with Crippen LogP contribution in [0.25, 0.3) is 0 Å². The third-order valence-electron chi connectivity index (χ3n) is 4.41. The molecule has 1 N–H and O–H groups in total. The molecule has 130 valence electrons. The van der Waals surface area contributed by atoms with Gasteiger partial charge in [0.05, 0.1) is 24.0 Å². The van der Waals surface area contributed by atoms with Crippen LogP contribution in [0.1, 0.15) is 37.8 Å². The highest BCUT2D eigenvalue weighted by molar-refractivity contribution is 7.92. The Kier molecular flexibility index (Phi) is 5.28. The Bertz CT molecular complexity index is 647. The second-order valence-corrected chi connectivity index (χ2v) is 8.89. The summed E-state index contributed by atoms with van der Waals surface area (Å²) < 4.78 is 25.4. The van der Waals surface area contributed by atoms with E-state index in [1.165, 1.54) is 11.2 Å². The van der Waals surface area contributed by atoms with E-state index in [0.717, 1.165) is 19.3 Å². The maximum Gasteiger partial charge on any atom is 0.317 e. The van der Waals surface area contributed by atoms with Crippen LogP contribution < -0.4 is 5.32 Å². The van der Waals surface area contributed by atoms with Crippen molar-refractivity contribution in [3.63, 3.8) is 0 Å². The fourth-order valence-electron chi connectivity index (χ4n) is 2.96. The van der Waals surface area contributed by atoms with E-state index < -0.39 is 14.6 Å². The Morgan fingerprint density at radius 3 is 2.57 bits per heavy atom. The molecule has 1 aromatic rings. The van der Waals surface area contributed by atoms with E-state index in [0.29, 0.717) is 25.1 Å². The number of hydrogen-bond donors (Lipinski definition) is 1. The fourth-order valence-corrected chi connectivity index (χ4v) is 4.36. The van der Waals surface area contributed by atoms with Gasteiger partial charge in [-0.05, 0) is 12.8 Å². The van der Waals surface area contributed by atoms with Crippen LogP contribution in [0, 0.1) is 0 Å². The van der Waals surface area contributed by atoms with Gasteiger partial charge in [0.15, 0.2) is 9.84 Å². The number of hydrogen-bond acceptors (Lipinski definition) is 5. The number of rotatable bonds is 5. The van der Waals surface area contributed by atoms with Crippen molar-refractivity contribution < 1.29 is 13.2 Å². The maximum atomic E-state index is 12.3. The summed E-state index contributed by atoms with van der Waals surface area (Å²) in [5.74, 6) is 0. The number of carbonyl (C=O) groups excluding carboxylic acids is 1. The highest BCUT2D eigenvalue weighted by Gasteiger charge is 2.42. The lowest BCUT2D eigenvalue weighted by molar-refractivity contribution is 0.217. The van der Waals surface area contributed by atoms with Crippen LogP contribution in [0.15, 0.2) is 6.20 Å². The molecule has 23 heavy (non-hydrogen) atoms. The van der Waals surface area contributed by atoms with Gasteiger partial charge in [0.1, 0.15) is 5.69 Å². The Hall–Kier alpha value is -1.64. The molecule has 0 aromatic carbocycles. The number of carbonyl (C=O) groups is 1. The van der Waals surface area contributed by atoms with Gasteiger partial charge in [-0.15, -0.1) is 5.10 Å². The van der Waals surface area contributed by atoms with Gasteiger partial charge >= 0.3 is 6.03 Å². The molecule has 8 nitrogen and oxygen atoms in total. The quantitative estimate of drug-likeness (QED) is 0.853. The van der Waals surface area contributed by atoms with Crippen LogP contribution in [0.5, 0.6) is 0 Å². The molecule has 0 saturated heterocycles. The zero-order chi connectivity index (χ0) is 17.1. The van der Waals surface area contributed by atoms with E-state index in [9.17, 15) is 13.2 Å². The highest BCUT2D eigenvalue weighted by Crippen LogP contribution is 2.36. The third kappa shape index (κ3) is 4.21. The molecule has 0 atom stereocenters. The zero-order valence-electron chi connectivity index (χ0n) is 13.9. The molecule has 1 saturated carbocycles. The average molecular weight is 343 g/mol. The van der Waals surface area contributed by atoms with E-state index in [4.69, 9.17) is 0 Å². The first-order valence-corrected chi connectivity index (χ1v) is 9.66. The molecule has 0 bridgehead atoms. The second kappa shape index (κ2) is 6.86. The number of urea groups is 1. The van der Waals surface area contributed by atoms with Crippen LogP contribution in [0.2, 0.25) is 0 Å². The first kappa shape index (κ1) is 17.7. The molecule has 0 aliphatic heterocycles. The summed E-state index contributed by atoms with van der Waals surface area (Å²) in [6.07, 6.45) is 7.28. The largest absolute Gasteiger partial charge is 0.332 e. The molecular weight excluding hydrogens is 318 g/mol. The summed E-state index contributed by atoms with van der Waals surface area (Å²) in [7, 11) is 0.137. The van der Waals surface area contributed by atoms with E-state index in [-0.39, 0.29) is 12.6 Å². The summed E-state index contributed by atoms with van der Waals surface area (Å²) >= 11 is 0. The smallest absolute Gasteiger partial charge is 0.317 e. The SMILES string of the molecule is CN(C)C(=O)NCc1cn(CC2(S(C)(=O)=O)CCCCC2)nn1. The molecule has 2 rings (SSSR count). The number of nitrogens with zero attached hydrogens (tertiary/aromatic N) is 4. The predicted molar refractivity (Wildman–Crippen MR) is 86.6 cm³/mol. The lowest BCUT2D eigenvalue weighted by atomic mass is 9.88. The maximum absolute atomic E-state index is 12.3. The molecule has 1 fully saturated rings. The monoisotopic (exact) mass is 343 g/mol. The lowest BCUT2D eigenvalue weighted by Crippen LogP contribution is -2.44. The van der Waals surface area contributed by atoms with Crippen molar-refractivity contribution in [2.24, 2.45) is 0 Å². The number of aromatic nitrogens is 3. The summed E-state index contributed by atoms with van der Waals surface area (Å²) in [5, 5.41) is 10.7. The third-order valence-corrected chi connectivity index (χ3v) is 6.52. The highest BCUT2D eigenvalue weighted by atomic mass is 32.2. The van der Waals surface area contributed by atoms with E-state index in [1.807, 2.05) is 0 Å². The van der Waals surface area contributed by atoms with Crippen LogP contribution >= 0.6 is 0 Å². The topological polar surface area (TPSA) is 97.2 Å². The predicted octanol–water partition coefficient (Wildman–Crippen LogP) is 0.797. The van der Waals surface area contributed by atoms with Crippen molar-refractivity contribution >= 4 is 15.9 Å². The van der Waals surface area contributed by atoms with Crippen molar-refractivity contribution in [2.75, 3.05) is 20.4 Å². The summed E-state index contributed by atoms with van der Waals surface area (Å²) in [5.41, 5.74) is 0.611. The first-order valence-electron chi connectivity index (χ1n) is 7.77. The molecule has 0 unspecified atom stereocenters. The summed E-state index contributed by atoms with van der Waals surface area (Å²) in [6.45, 7) is 0.587. The van der Waals surface area contributed by atoms with E-state index in [2.05, 4.69) is 15.6 Å². The van der Waals surface area contributed by atoms with Crippen LogP contribution in [0.3, 0.4) is 0 Å². The first-order chi connectivity index (χ1) is 10.7. The summed E-state index contributed by atoms with van der Waals surface area (Å²) in [6, 6.07) is -0.209. The van der Waals surface area contributed by atoms with Crippen molar-refractivity contribution in [1.29, 1.82) is 0 Å². The average Bonchev–Trinajstić information content (AvgIpc) is 2.92. The van der Waals surface area contributed by atoms with Crippen molar-refractivity contribution in [1.82, 2.24) is 25.2 Å². The van der Waals surface area contributed by atoms with Gasteiger partial charge in [0, 0.05) is 20.4 Å². The zero-order valence-corrected chi connectivity index (χ0v) is 14.8. The number of sulfone groups is 1. The molecule has 0 radical (unpaired) electrons. The van der Waals surface area contributed by atoms with Gasteiger partial charge in [-0.3, -0.25) is 4.68 Å². The number of nitrogens with one attached hydrogen (secondary N) is 1. The van der Waals surface area contributed by atoms with Crippen molar-refractivity contribution in [3.8, 4) is 0 Å². The summed E-state index contributed by atoms with van der Waals surface area (Å²) in [4.78, 5) is 12.9. The minimum atomic E-state index is -3.18. The van der Waals surface area contributed by atoms with Gasteiger partial charge in [0.25, 0.3) is 0 Å². The van der Waals surface area contributed by atoms with E-state index in [1.54, 1.807) is 25.0 Å². The second-order valence-electron chi connectivity index (χ2n) is 6.48. The van der Waals surface area contributed by atoms with Gasteiger partial charge < -0.3 is 10.2 Å². The fraction of sp³-hybridized carbons (Fsp3) is 0.786. The molecule has 1 aliphatic rings. The standard InChI is InChI=1S/C14H25N5O3S/c1-18(2)13(20)15-9-12-10-19(17-16-12)11-14(23(3,21)22)7-5-4-6-8-14/h10H,4-9,11H2,1-3H3,(H,15,20). The molecule has 1 heterocycles. The molecule has 9 heteroatoms. The van der Waals surface area contributed by atoms with Crippen LogP contribution in [-0.4, -0.2) is 59.4 Å². The number of amides is 2.